The van der Waals surface area contributed by atoms with E-state index in [1.165, 1.54) is 28.8 Å². The highest BCUT2D eigenvalue weighted by Crippen LogP contribution is 2.24. The van der Waals surface area contributed by atoms with Crippen LogP contribution in [0.25, 0.3) is 10.9 Å². The van der Waals surface area contributed by atoms with Crippen LogP contribution in [0.4, 0.5) is 0 Å². The highest BCUT2D eigenvalue weighted by molar-refractivity contribution is 7.99. The molecule has 98 valence electrons. The van der Waals surface area contributed by atoms with Crippen LogP contribution in [0.3, 0.4) is 0 Å². The minimum absolute atomic E-state index is 0.00405. The van der Waals surface area contributed by atoms with Gasteiger partial charge in [0.2, 0.25) is 0 Å². The van der Waals surface area contributed by atoms with Gasteiger partial charge in [0, 0.05) is 22.7 Å². The molecular weight excluding hydrogens is 254 g/mol. The molecule has 1 heterocycles. The Kier molecular flexibility index (Phi) is 3.77. The third kappa shape index (κ3) is 3.31. The Labute approximate surface area is 117 Å². The van der Waals surface area contributed by atoms with Crippen LogP contribution >= 0.6 is 11.8 Å². The first-order valence-electron chi connectivity index (χ1n) is 6.71. The van der Waals surface area contributed by atoms with Crippen molar-refractivity contribution in [2.24, 2.45) is 0 Å². The van der Waals surface area contributed by atoms with Crippen LogP contribution in [0.2, 0.25) is 0 Å². The van der Waals surface area contributed by atoms with Crippen molar-refractivity contribution in [3.8, 4) is 6.07 Å². The fourth-order valence-corrected chi connectivity index (χ4v) is 3.10. The summed E-state index contributed by atoms with van der Waals surface area (Å²) in [5.74, 6) is 0.963. The number of hydrogen-bond donors (Lipinski definition) is 2. The quantitative estimate of drug-likeness (QED) is 0.793. The third-order valence-corrected chi connectivity index (χ3v) is 4.31. The maximum absolute atomic E-state index is 9.08. The molecule has 1 atom stereocenters. The highest BCUT2D eigenvalue weighted by atomic mass is 32.2. The lowest BCUT2D eigenvalue weighted by atomic mass is 10.2. The zero-order chi connectivity index (χ0) is 13.1. The average Bonchev–Trinajstić information content (AvgIpc) is 3.14. The predicted octanol–water partition coefficient (Wildman–Crippen LogP) is 3.29. The maximum atomic E-state index is 9.08. The summed E-state index contributed by atoms with van der Waals surface area (Å²) in [4.78, 5) is 3.40. The number of nitriles is 1. The third-order valence-electron chi connectivity index (χ3n) is 3.34. The van der Waals surface area contributed by atoms with Crippen molar-refractivity contribution in [2.75, 3.05) is 5.75 Å². The highest BCUT2D eigenvalue weighted by Gasteiger charge is 2.24. The molecule has 1 aromatic heterocycles. The van der Waals surface area contributed by atoms with E-state index >= 15 is 0 Å². The van der Waals surface area contributed by atoms with Gasteiger partial charge in [-0.05, 0) is 31.4 Å². The summed E-state index contributed by atoms with van der Waals surface area (Å²) < 4.78 is 0. The number of aromatic nitrogens is 1. The number of rotatable bonds is 6. The number of fused-ring (bicyclic) bond motifs is 1. The molecule has 1 aromatic carbocycles. The van der Waals surface area contributed by atoms with Gasteiger partial charge in [-0.15, -0.1) is 11.8 Å². The minimum atomic E-state index is 0.00405. The monoisotopic (exact) mass is 271 g/mol. The standard InChI is InChI=1S/C15H17N3S/c16-10-13(17-12-5-6-12)7-8-19-15-9-11-3-1-2-4-14(11)18-15/h1-4,9,12-13,17-18H,5-8H2. The number of H-pyrrole nitrogens is 1. The van der Waals surface area contributed by atoms with Crippen LogP contribution in [0.15, 0.2) is 35.4 Å². The zero-order valence-corrected chi connectivity index (χ0v) is 11.5. The summed E-state index contributed by atoms with van der Waals surface area (Å²) in [6.45, 7) is 0. The number of thioether (sulfide) groups is 1. The molecule has 3 nitrogen and oxygen atoms in total. The number of hydrogen-bond acceptors (Lipinski definition) is 3. The number of nitrogens with one attached hydrogen (secondary N) is 2. The van der Waals surface area contributed by atoms with Gasteiger partial charge in [-0.3, -0.25) is 5.32 Å². The smallest absolute Gasteiger partial charge is 0.0963 e. The van der Waals surface area contributed by atoms with E-state index in [4.69, 9.17) is 5.26 Å². The van der Waals surface area contributed by atoms with Crippen molar-refractivity contribution in [3.63, 3.8) is 0 Å². The predicted molar refractivity (Wildman–Crippen MR) is 79.2 cm³/mol. The minimum Gasteiger partial charge on any atom is -0.350 e. The van der Waals surface area contributed by atoms with Gasteiger partial charge in [0.15, 0.2) is 0 Å². The summed E-state index contributed by atoms with van der Waals surface area (Å²) in [7, 11) is 0. The van der Waals surface area contributed by atoms with E-state index < -0.39 is 0 Å². The number of para-hydroxylation sites is 1. The van der Waals surface area contributed by atoms with Crippen LogP contribution in [-0.2, 0) is 0 Å². The lowest BCUT2D eigenvalue weighted by Crippen LogP contribution is -2.29. The summed E-state index contributed by atoms with van der Waals surface area (Å²) in [6, 6.07) is 13.4. The van der Waals surface area contributed by atoms with Crippen LogP contribution in [0.5, 0.6) is 0 Å². The Morgan fingerprint density at radius 1 is 1.42 bits per heavy atom. The van der Waals surface area contributed by atoms with Gasteiger partial charge in [-0.2, -0.15) is 5.26 Å². The Balaban J connectivity index is 1.52. The van der Waals surface area contributed by atoms with Gasteiger partial charge < -0.3 is 4.98 Å². The number of benzene rings is 1. The van der Waals surface area contributed by atoms with Gasteiger partial charge in [0.1, 0.15) is 0 Å². The Morgan fingerprint density at radius 3 is 3.00 bits per heavy atom. The molecule has 1 fully saturated rings. The molecule has 0 bridgehead atoms. The van der Waals surface area contributed by atoms with Crippen LogP contribution in [0.1, 0.15) is 19.3 Å². The van der Waals surface area contributed by atoms with Crippen molar-refractivity contribution in [2.45, 2.75) is 36.4 Å². The molecule has 0 aliphatic heterocycles. The summed E-state index contributed by atoms with van der Waals surface area (Å²) in [6.07, 6.45) is 3.35. The Morgan fingerprint density at radius 2 is 2.26 bits per heavy atom. The van der Waals surface area contributed by atoms with Crippen LogP contribution in [-0.4, -0.2) is 22.8 Å². The maximum Gasteiger partial charge on any atom is 0.0963 e. The number of aromatic amines is 1. The molecule has 2 N–H and O–H groups in total. The molecule has 1 aliphatic carbocycles. The molecule has 3 rings (SSSR count). The second kappa shape index (κ2) is 5.68. The Bertz CT molecular complexity index is 562. The van der Waals surface area contributed by atoms with Crippen LogP contribution < -0.4 is 5.32 Å². The van der Waals surface area contributed by atoms with E-state index in [2.05, 4.69) is 40.6 Å². The SMILES string of the molecule is N#CC(CCSc1cc2ccccc2[nH]1)NC1CC1. The van der Waals surface area contributed by atoms with Crippen molar-refractivity contribution < 1.29 is 0 Å². The first-order valence-corrected chi connectivity index (χ1v) is 7.70. The summed E-state index contributed by atoms with van der Waals surface area (Å²) in [5.41, 5.74) is 1.18. The number of nitrogens with zero attached hydrogens (tertiary/aromatic N) is 1. The van der Waals surface area contributed by atoms with E-state index in [1.54, 1.807) is 11.8 Å². The lowest BCUT2D eigenvalue weighted by molar-refractivity contribution is 0.587. The topological polar surface area (TPSA) is 51.6 Å². The first-order chi connectivity index (χ1) is 9.35. The fraction of sp³-hybridized carbons (Fsp3) is 0.400. The Hall–Kier alpha value is -1.44. The first kappa shape index (κ1) is 12.6. The molecule has 19 heavy (non-hydrogen) atoms. The van der Waals surface area contributed by atoms with Gasteiger partial charge >= 0.3 is 0 Å². The van der Waals surface area contributed by atoms with E-state index in [9.17, 15) is 0 Å². The molecule has 0 saturated heterocycles. The zero-order valence-electron chi connectivity index (χ0n) is 10.7. The van der Waals surface area contributed by atoms with Crippen molar-refractivity contribution in [3.05, 3.63) is 30.3 Å². The summed E-state index contributed by atoms with van der Waals surface area (Å²) >= 11 is 1.79. The van der Waals surface area contributed by atoms with E-state index in [0.29, 0.717) is 6.04 Å². The molecule has 0 radical (unpaired) electrons. The molecular formula is C15H17N3S. The van der Waals surface area contributed by atoms with Gasteiger partial charge in [0.25, 0.3) is 0 Å². The van der Waals surface area contributed by atoms with Crippen molar-refractivity contribution >= 4 is 22.7 Å². The molecule has 1 unspecified atom stereocenters. The lowest BCUT2D eigenvalue weighted by Gasteiger charge is -2.09. The van der Waals surface area contributed by atoms with E-state index in [1.807, 2.05) is 6.07 Å². The molecule has 0 spiro atoms. The largest absolute Gasteiger partial charge is 0.350 e. The molecule has 4 heteroatoms. The van der Waals surface area contributed by atoms with Gasteiger partial charge in [-0.1, -0.05) is 18.2 Å². The fourth-order valence-electron chi connectivity index (χ4n) is 2.13. The van der Waals surface area contributed by atoms with Crippen molar-refractivity contribution in [1.29, 1.82) is 5.26 Å². The van der Waals surface area contributed by atoms with Gasteiger partial charge in [0.05, 0.1) is 17.1 Å². The average molecular weight is 271 g/mol. The van der Waals surface area contributed by atoms with E-state index in [0.717, 1.165) is 12.2 Å². The second-order valence-corrected chi connectivity index (χ2v) is 6.12. The van der Waals surface area contributed by atoms with Crippen LogP contribution in [0, 0.1) is 11.3 Å². The second-order valence-electron chi connectivity index (χ2n) is 4.98. The molecule has 1 aliphatic rings. The normalized spacial score (nSPS) is 16.4. The van der Waals surface area contributed by atoms with Gasteiger partial charge in [-0.25, -0.2) is 0 Å². The molecule has 0 amide bonds. The van der Waals surface area contributed by atoms with E-state index in [-0.39, 0.29) is 6.04 Å². The molecule has 2 aromatic rings. The summed E-state index contributed by atoms with van der Waals surface area (Å²) in [5, 5.41) is 14.9. The van der Waals surface area contributed by atoms with Crippen molar-refractivity contribution in [1.82, 2.24) is 10.3 Å². The molecule has 1 saturated carbocycles.